The van der Waals surface area contributed by atoms with Gasteiger partial charge in [0, 0.05) is 17.5 Å². The van der Waals surface area contributed by atoms with E-state index in [9.17, 15) is 4.79 Å². The summed E-state index contributed by atoms with van der Waals surface area (Å²) in [5.74, 6) is 1.54. The van der Waals surface area contributed by atoms with Crippen molar-refractivity contribution in [1.82, 2.24) is 0 Å². The topological polar surface area (TPSA) is 29.1 Å². The van der Waals surface area contributed by atoms with Gasteiger partial charge in [-0.05, 0) is 30.4 Å². The van der Waals surface area contributed by atoms with Crippen LogP contribution in [0.3, 0.4) is 0 Å². The molecule has 1 fully saturated rings. The van der Waals surface area contributed by atoms with Crippen LogP contribution in [0.25, 0.3) is 0 Å². The van der Waals surface area contributed by atoms with Gasteiger partial charge in [0.2, 0.25) is 5.91 Å². The van der Waals surface area contributed by atoms with Gasteiger partial charge in [-0.2, -0.15) is 0 Å². The normalized spacial score (nSPS) is 33.1. The van der Waals surface area contributed by atoms with Crippen molar-refractivity contribution in [3.8, 4) is 0 Å². The number of carbonyl (C=O) groups excluding carboxylic acids is 1. The first kappa shape index (κ1) is 8.96. The summed E-state index contributed by atoms with van der Waals surface area (Å²) in [4.78, 5) is 11.9. The molecule has 78 valence electrons. The predicted molar refractivity (Wildman–Crippen MR) is 59.7 cm³/mol. The minimum atomic E-state index is 0.217. The first-order chi connectivity index (χ1) is 7.27. The lowest BCUT2D eigenvalue weighted by Crippen LogP contribution is -2.31. The number of nitrogens with one attached hydrogen (secondary N) is 1. The van der Waals surface area contributed by atoms with E-state index in [0.717, 1.165) is 12.1 Å². The molecule has 0 bridgehead atoms. The molecule has 1 amide bonds. The van der Waals surface area contributed by atoms with Crippen molar-refractivity contribution in [2.75, 3.05) is 5.32 Å². The summed E-state index contributed by atoms with van der Waals surface area (Å²) in [6, 6.07) is 8.22. The van der Waals surface area contributed by atoms with Gasteiger partial charge in [-0.1, -0.05) is 25.1 Å². The molecule has 3 atom stereocenters. The second kappa shape index (κ2) is 3.09. The summed E-state index contributed by atoms with van der Waals surface area (Å²) in [6.07, 6.45) is 2.23. The summed E-state index contributed by atoms with van der Waals surface area (Å²) in [7, 11) is 0. The Balaban J connectivity index is 2.12. The van der Waals surface area contributed by atoms with E-state index in [0.29, 0.717) is 11.8 Å². The van der Waals surface area contributed by atoms with Gasteiger partial charge in [-0.15, -0.1) is 0 Å². The molecule has 2 aliphatic rings. The summed E-state index contributed by atoms with van der Waals surface area (Å²) < 4.78 is 0. The first-order valence-electron chi connectivity index (χ1n) is 5.67. The van der Waals surface area contributed by atoms with Crippen LogP contribution in [0.5, 0.6) is 0 Å². The predicted octanol–water partition coefficient (Wildman–Crippen LogP) is 2.77. The Bertz CT molecular complexity index is 413. The molecular formula is C13H15NO. The summed E-state index contributed by atoms with van der Waals surface area (Å²) in [6.45, 7) is 2.26. The van der Waals surface area contributed by atoms with Crippen molar-refractivity contribution in [2.45, 2.75) is 25.7 Å². The number of fused-ring (bicyclic) bond motifs is 3. The molecule has 0 aromatic heterocycles. The van der Waals surface area contributed by atoms with Crippen LogP contribution in [0, 0.1) is 11.8 Å². The maximum atomic E-state index is 11.9. The van der Waals surface area contributed by atoms with Crippen LogP contribution in [-0.2, 0) is 4.79 Å². The van der Waals surface area contributed by atoms with Gasteiger partial charge in [0.1, 0.15) is 0 Å². The fourth-order valence-electron chi connectivity index (χ4n) is 3.14. The highest BCUT2D eigenvalue weighted by atomic mass is 16.2. The Labute approximate surface area is 89.7 Å². The monoisotopic (exact) mass is 201 g/mol. The maximum Gasteiger partial charge on any atom is 0.228 e. The molecule has 2 nitrogen and oxygen atoms in total. The summed E-state index contributed by atoms with van der Waals surface area (Å²) >= 11 is 0. The van der Waals surface area contributed by atoms with Gasteiger partial charge in [-0.3, -0.25) is 4.79 Å². The third-order valence-electron chi connectivity index (χ3n) is 3.89. The van der Waals surface area contributed by atoms with Gasteiger partial charge in [0.05, 0.1) is 0 Å². The third-order valence-corrected chi connectivity index (χ3v) is 3.89. The van der Waals surface area contributed by atoms with Crippen molar-refractivity contribution < 1.29 is 4.79 Å². The van der Waals surface area contributed by atoms with E-state index in [-0.39, 0.29) is 11.8 Å². The molecule has 3 rings (SSSR count). The Kier molecular flexibility index (Phi) is 1.84. The van der Waals surface area contributed by atoms with E-state index >= 15 is 0 Å². The van der Waals surface area contributed by atoms with Crippen LogP contribution >= 0.6 is 0 Å². The van der Waals surface area contributed by atoms with Crippen molar-refractivity contribution in [1.29, 1.82) is 0 Å². The van der Waals surface area contributed by atoms with E-state index in [4.69, 9.17) is 0 Å². The molecule has 3 unspecified atom stereocenters. The lowest BCUT2D eigenvalue weighted by atomic mass is 9.80. The number of amides is 1. The van der Waals surface area contributed by atoms with E-state index in [1.165, 1.54) is 12.0 Å². The van der Waals surface area contributed by atoms with E-state index < -0.39 is 0 Å². The van der Waals surface area contributed by atoms with Gasteiger partial charge in [-0.25, -0.2) is 0 Å². The van der Waals surface area contributed by atoms with Crippen LogP contribution in [0.1, 0.15) is 31.2 Å². The van der Waals surface area contributed by atoms with E-state index in [1.807, 2.05) is 12.1 Å². The fourth-order valence-corrected chi connectivity index (χ4v) is 3.14. The number of rotatable bonds is 0. The second-order valence-electron chi connectivity index (χ2n) is 4.76. The van der Waals surface area contributed by atoms with Crippen LogP contribution in [-0.4, -0.2) is 5.91 Å². The molecule has 0 radical (unpaired) electrons. The molecule has 1 aromatic carbocycles. The number of anilines is 1. The molecule has 1 heterocycles. The van der Waals surface area contributed by atoms with Crippen molar-refractivity contribution in [3.63, 3.8) is 0 Å². The van der Waals surface area contributed by atoms with Crippen molar-refractivity contribution >= 4 is 11.6 Å². The lowest BCUT2D eigenvalue weighted by Gasteiger charge is -2.30. The minimum absolute atomic E-state index is 0.217. The minimum Gasteiger partial charge on any atom is -0.326 e. The molecule has 0 saturated heterocycles. The number of para-hydroxylation sites is 1. The zero-order chi connectivity index (χ0) is 10.4. The molecule has 1 aliphatic carbocycles. The van der Waals surface area contributed by atoms with Crippen LogP contribution in [0.2, 0.25) is 0 Å². The Morgan fingerprint density at radius 2 is 2.07 bits per heavy atom. The molecule has 1 aliphatic heterocycles. The number of carbonyl (C=O) groups is 1. The standard InChI is InChI=1S/C13H15NO/c1-8-6-7-10-12(8)9-4-2-3-5-11(9)14-13(10)15/h2-5,8,10,12H,6-7H2,1H3,(H,14,15). The summed E-state index contributed by atoms with van der Waals surface area (Å²) in [5, 5.41) is 3.01. The molecule has 1 saturated carbocycles. The number of hydrogen-bond acceptors (Lipinski definition) is 1. The van der Waals surface area contributed by atoms with Gasteiger partial charge in [0.25, 0.3) is 0 Å². The first-order valence-corrected chi connectivity index (χ1v) is 5.67. The zero-order valence-corrected chi connectivity index (χ0v) is 8.86. The average molecular weight is 201 g/mol. The maximum absolute atomic E-state index is 11.9. The van der Waals surface area contributed by atoms with Crippen LogP contribution in [0.15, 0.2) is 24.3 Å². The lowest BCUT2D eigenvalue weighted by molar-refractivity contribution is -0.120. The highest BCUT2D eigenvalue weighted by Crippen LogP contribution is 2.48. The quantitative estimate of drug-likeness (QED) is 0.687. The fraction of sp³-hybridized carbons (Fsp3) is 0.462. The van der Waals surface area contributed by atoms with Gasteiger partial charge >= 0.3 is 0 Å². The SMILES string of the molecule is CC1CCC2C(=O)Nc3ccccc3C12. The smallest absolute Gasteiger partial charge is 0.228 e. The Morgan fingerprint density at radius 3 is 2.93 bits per heavy atom. The molecule has 1 aromatic rings. The zero-order valence-electron chi connectivity index (χ0n) is 8.86. The van der Waals surface area contributed by atoms with Crippen LogP contribution < -0.4 is 5.32 Å². The van der Waals surface area contributed by atoms with Crippen molar-refractivity contribution in [2.24, 2.45) is 11.8 Å². The molecule has 15 heavy (non-hydrogen) atoms. The molecular weight excluding hydrogens is 186 g/mol. The van der Waals surface area contributed by atoms with E-state index in [2.05, 4.69) is 24.4 Å². The molecule has 2 heteroatoms. The third kappa shape index (κ3) is 1.21. The average Bonchev–Trinajstić information content (AvgIpc) is 2.62. The highest BCUT2D eigenvalue weighted by molar-refractivity contribution is 5.96. The molecule has 0 spiro atoms. The summed E-state index contributed by atoms with van der Waals surface area (Å²) in [5.41, 5.74) is 2.37. The Hall–Kier alpha value is -1.31. The van der Waals surface area contributed by atoms with Crippen molar-refractivity contribution in [3.05, 3.63) is 29.8 Å². The highest BCUT2D eigenvalue weighted by Gasteiger charge is 2.42. The van der Waals surface area contributed by atoms with Gasteiger partial charge < -0.3 is 5.32 Å². The van der Waals surface area contributed by atoms with E-state index in [1.54, 1.807) is 0 Å². The van der Waals surface area contributed by atoms with Crippen LogP contribution in [0.4, 0.5) is 5.69 Å². The second-order valence-corrected chi connectivity index (χ2v) is 4.76. The number of benzene rings is 1. The van der Waals surface area contributed by atoms with Gasteiger partial charge in [0.15, 0.2) is 0 Å². The molecule has 1 N–H and O–H groups in total. The largest absolute Gasteiger partial charge is 0.326 e. The Morgan fingerprint density at radius 1 is 1.27 bits per heavy atom. The number of hydrogen-bond donors (Lipinski definition) is 1.